The Morgan fingerprint density at radius 3 is 2.35 bits per heavy atom. The van der Waals surface area contributed by atoms with Gasteiger partial charge in [0, 0.05) is 32.1 Å². The first-order valence-corrected chi connectivity index (χ1v) is 12.2. The summed E-state index contributed by atoms with van der Waals surface area (Å²) >= 11 is 0. The Kier molecular flexibility index (Phi) is 7.24. The number of non-ortho nitro benzene ring substituents is 1. The molecule has 1 heterocycles. The molecule has 0 bridgehead atoms. The molecular formula is C28H29N3O6. The molecular weight excluding hydrogens is 474 g/mol. The van der Waals surface area contributed by atoms with E-state index in [9.17, 15) is 24.5 Å². The predicted molar refractivity (Wildman–Crippen MR) is 137 cm³/mol. The summed E-state index contributed by atoms with van der Waals surface area (Å²) < 4.78 is 5.74. The summed E-state index contributed by atoms with van der Waals surface area (Å²) in [6.07, 6.45) is 7.28. The second kappa shape index (κ2) is 10.4. The van der Waals surface area contributed by atoms with Gasteiger partial charge in [-0.2, -0.15) is 0 Å². The van der Waals surface area contributed by atoms with Crippen molar-refractivity contribution in [2.24, 2.45) is 5.92 Å². The zero-order valence-electron chi connectivity index (χ0n) is 21.0. The minimum absolute atomic E-state index is 0.134. The fraction of sp³-hybridized carbons (Fsp3) is 0.321. The van der Waals surface area contributed by atoms with Crippen molar-refractivity contribution in [3.63, 3.8) is 0 Å². The van der Waals surface area contributed by atoms with Crippen LogP contribution < -0.4 is 0 Å². The lowest BCUT2D eigenvalue weighted by Gasteiger charge is -2.47. The van der Waals surface area contributed by atoms with E-state index in [-0.39, 0.29) is 5.69 Å². The van der Waals surface area contributed by atoms with Crippen LogP contribution in [-0.2, 0) is 26.3 Å². The number of benzene rings is 2. The second-order valence-corrected chi connectivity index (χ2v) is 9.25. The van der Waals surface area contributed by atoms with Crippen LogP contribution in [-0.4, -0.2) is 46.7 Å². The average molecular weight is 504 g/mol. The summed E-state index contributed by atoms with van der Waals surface area (Å²) in [5, 5.41) is 11.6. The van der Waals surface area contributed by atoms with Crippen molar-refractivity contribution in [1.82, 2.24) is 9.80 Å². The van der Waals surface area contributed by atoms with Gasteiger partial charge < -0.3 is 4.74 Å². The van der Waals surface area contributed by atoms with Crippen LogP contribution in [0.4, 0.5) is 10.5 Å². The van der Waals surface area contributed by atoms with Crippen LogP contribution in [0.5, 0.6) is 0 Å². The van der Waals surface area contributed by atoms with E-state index in [2.05, 4.69) is 0 Å². The number of ether oxygens (including phenoxy) is 1. The van der Waals surface area contributed by atoms with Gasteiger partial charge in [-0.1, -0.05) is 49.8 Å². The molecule has 1 aliphatic heterocycles. The first-order chi connectivity index (χ1) is 17.7. The van der Waals surface area contributed by atoms with Crippen LogP contribution in [0, 0.1) is 16.0 Å². The minimum atomic E-state index is -1.80. The SMILES string of the molecule is CCCCC1=CC(/C=C/OCc2ccccc2)C2(C(=O)N(C)C(=O)N(C)C2=O)c2ccc([N+](=O)[O-])cc21. The summed E-state index contributed by atoms with van der Waals surface area (Å²) in [6, 6.07) is 13.0. The van der Waals surface area contributed by atoms with E-state index in [0.717, 1.165) is 33.8 Å². The number of imide groups is 2. The van der Waals surface area contributed by atoms with Crippen molar-refractivity contribution < 1.29 is 24.0 Å². The van der Waals surface area contributed by atoms with Crippen molar-refractivity contribution in [2.45, 2.75) is 38.2 Å². The third-order valence-electron chi connectivity index (χ3n) is 7.00. The molecule has 1 aliphatic carbocycles. The first kappa shape index (κ1) is 25.8. The summed E-state index contributed by atoms with van der Waals surface area (Å²) in [4.78, 5) is 53.3. The highest BCUT2D eigenvalue weighted by Gasteiger charge is 2.61. The maximum Gasteiger partial charge on any atom is 0.332 e. The molecule has 4 amide bonds. The van der Waals surface area contributed by atoms with Crippen molar-refractivity contribution in [3.05, 3.63) is 93.7 Å². The quantitative estimate of drug-likeness (QED) is 0.221. The number of carbonyl (C=O) groups excluding carboxylic acids is 3. The molecule has 2 aromatic carbocycles. The maximum atomic E-state index is 13.9. The summed E-state index contributed by atoms with van der Waals surface area (Å²) in [5.41, 5.74) is 0.666. The largest absolute Gasteiger partial charge is 0.497 e. The molecule has 1 spiro atoms. The van der Waals surface area contributed by atoms with E-state index < -0.39 is 34.1 Å². The molecule has 37 heavy (non-hydrogen) atoms. The molecule has 1 atom stereocenters. The van der Waals surface area contributed by atoms with Gasteiger partial charge >= 0.3 is 6.03 Å². The normalized spacial score (nSPS) is 18.8. The fourth-order valence-corrected chi connectivity index (χ4v) is 5.05. The lowest BCUT2D eigenvalue weighted by Crippen LogP contribution is -2.68. The Morgan fingerprint density at radius 2 is 1.73 bits per heavy atom. The second-order valence-electron chi connectivity index (χ2n) is 9.25. The van der Waals surface area contributed by atoms with Gasteiger partial charge in [0.05, 0.1) is 11.2 Å². The van der Waals surface area contributed by atoms with Crippen LogP contribution in [0.25, 0.3) is 5.57 Å². The van der Waals surface area contributed by atoms with Crippen LogP contribution in [0.3, 0.4) is 0 Å². The minimum Gasteiger partial charge on any atom is -0.497 e. The number of amides is 4. The van der Waals surface area contributed by atoms with Gasteiger partial charge in [-0.15, -0.1) is 0 Å². The zero-order valence-corrected chi connectivity index (χ0v) is 21.0. The number of nitro groups is 1. The topological polar surface area (TPSA) is 110 Å². The van der Waals surface area contributed by atoms with Gasteiger partial charge in [-0.3, -0.25) is 29.5 Å². The van der Waals surface area contributed by atoms with E-state index in [0.29, 0.717) is 24.2 Å². The third-order valence-corrected chi connectivity index (χ3v) is 7.00. The maximum absolute atomic E-state index is 13.9. The van der Waals surface area contributed by atoms with E-state index in [4.69, 9.17) is 4.74 Å². The number of fused-ring (bicyclic) bond motifs is 2. The highest BCUT2D eigenvalue weighted by atomic mass is 16.6. The number of carbonyl (C=O) groups is 3. The molecule has 0 saturated carbocycles. The molecule has 0 aromatic heterocycles. The van der Waals surface area contributed by atoms with E-state index in [1.807, 2.05) is 43.3 Å². The van der Waals surface area contributed by atoms with Crippen molar-refractivity contribution >= 4 is 29.1 Å². The highest BCUT2D eigenvalue weighted by Crippen LogP contribution is 2.49. The van der Waals surface area contributed by atoms with E-state index in [1.165, 1.54) is 38.6 Å². The number of rotatable bonds is 8. The number of hydrogen-bond acceptors (Lipinski definition) is 6. The number of nitro benzene ring substituents is 1. The number of unbranched alkanes of at least 4 members (excludes halogenated alkanes) is 1. The Bertz CT molecular complexity index is 1280. The molecule has 192 valence electrons. The third kappa shape index (κ3) is 4.41. The van der Waals surface area contributed by atoms with Crippen LogP contribution in [0.2, 0.25) is 0 Å². The Labute approximate surface area is 215 Å². The van der Waals surface area contributed by atoms with E-state index >= 15 is 0 Å². The molecule has 2 aliphatic rings. The molecule has 4 rings (SSSR count). The van der Waals surface area contributed by atoms with Crippen molar-refractivity contribution in [2.75, 3.05) is 14.1 Å². The number of allylic oxidation sites excluding steroid dienone is 3. The van der Waals surface area contributed by atoms with Gasteiger partial charge in [-0.05, 0) is 47.2 Å². The lowest BCUT2D eigenvalue weighted by atomic mass is 9.61. The van der Waals surface area contributed by atoms with Gasteiger partial charge in [0.2, 0.25) is 0 Å². The zero-order chi connectivity index (χ0) is 26.7. The monoisotopic (exact) mass is 503 g/mol. The summed E-state index contributed by atoms with van der Waals surface area (Å²) in [6.45, 7) is 2.34. The molecule has 9 nitrogen and oxygen atoms in total. The Balaban J connectivity index is 1.86. The summed E-state index contributed by atoms with van der Waals surface area (Å²) in [7, 11) is 2.67. The van der Waals surface area contributed by atoms with Crippen LogP contribution >= 0.6 is 0 Å². The van der Waals surface area contributed by atoms with Crippen LogP contribution in [0.1, 0.15) is 42.9 Å². The number of hydrogen-bond donors (Lipinski definition) is 0. The van der Waals surface area contributed by atoms with Crippen molar-refractivity contribution in [1.29, 1.82) is 0 Å². The first-order valence-electron chi connectivity index (χ1n) is 12.2. The van der Waals surface area contributed by atoms with Gasteiger partial charge in [-0.25, -0.2) is 4.79 Å². The Morgan fingerprint density at radius 1 is 1.05 bits per heavy atom. The number of nitrogens with zero attached hydrogens (tertiary/aromatic N) is 3. The highest BCUT2D eigenvalue weighted by molar-refractivity contribution is 6.24. The molecule has 9 heteroatoms. The standard InChI is InChI=1S/C28H29N3O6/c1-4-5-11-20-16-21(14-15-37-18-19-9-7-6-8-10-19)28(24-13-12-22(31(35)36)17-23(20)24)25(32)29(2)27(34)30(3)26(28)33/h6-10,12-17,21H,4-5,11,18H2,1-3H3/b15-14+. The smallest absolute Gasteiger partial charge is 0.332 e. The number of likely N-dealkylation sites (N-methyl/N-ethyl adjacent to an activating group) is 2. The average Bonchev–Trinajstić information content (AvgIpc) is 2.91. The fourth-order valence-electron chi connectivity index (χ4n) is 5.05. The lowest BCUT2D eigenvalue weighted by molar-refractivity contribution is -0.384. The predicted octanol–water partition coefficient (Wildman–Crippen LogP) is 4.82. The molecule has 1 unspecified atom stereocenters. The van der Waals surface area contributed by atoms with Gasteiger partial charge in [0.15, 0.2) is 5.41 Å². The van der Waals surface area contributed by atoms with Crippen LogP contribution in [0.15, 0.2) is 66.9 Å². The Hall–Kier alpha value is -4.27. The van der Waals surface area contributed by atoms with E-state index in [1.54, 1.807) is 6.08 Å². The van der Waals surface area contributed by atoms with Crippen molar-refractivity contribution in [3.8, 4) is 0 Å². The summed E-state index contributed by atoms with van der Waals surface area (Å²) in [5.74, 6) is -2.14. The molecule has 0 N–H and O–H groups in total. The molecule has 2 aromatic rings. The van der Waals surface area contributed by atoms with Gasteiger partial charge in [0.1, 0.15) is 6.61 Å². The number of urea groups is 1. The molecule has 0 radical (unpaired) electrons. The number of barbiturate groups is 1. The molecule has 1 fully saturated rings. The molecule has 1 saturated heterocycles. The van der Waals surface area contributed by atoms with Gasteiger partial charge in [0.25, 0.3) is 17.5 Å².